The van der Waals surface area contributed by atoms with Crippen molar-refractivity contribution in [3.8, 4) is 0 Å². The summed E-state index contributed by atoms with van der Waals surface area (Å²) in [6.45, 7) is 12.9. The molecule has 0 unspecified atom stereocenters. The fraction of sp³-hybridized carbons (Fsp3) is 0.812. The summed E-state index contributed by atoms with van der Waals surface area (Å²) in [5.74, 6) is 0.155. The van der Waals surface area contributed by atoms with Gasteiger partial charge in [0.2, 0.25) is 18.2 Å². The first-order chi connectivity index (χ1) is 10.7. The first kappa shape index (κ1) is 26.3. The van der Waals surface area contributed by atoms with Crippen LogP contribution in [0.3, 0.4) is 0 Å². The van der Waals surface area contributed by atoms with E-state index in [4.69, 9.17) is 0 Å². The largest absolute Gasteiger partial charge is 0.375 e. The van der Waals surface area contributed by atoms with Gasteiger partial charge < -0.3 is 19.4 Å². The summed E-state index contributed by atoms with van der Waals surface area (Å²) >= 11 is 0. The van der Waals surface area contributed by atoms with Crippen LogP contribution in [0.15, 0.2) is 0 Å². The van der Waals surface area contributed by atoms with E-state index in [0.717, 1.165) is 32.6 Å². The third kappa shape index (κ3) is 18.3. The van der Waals surface area contributed by atoms with Gasteiger partial charge in [0.1, 0.15) is 6.61 Å². The van der Waals surface area contributed by atoms with Crippen LogP contribution in [-0.4, -0.2) is 86.9 Å². The molecule has 0 spiro atoms. The Morgan fingerprint density at radius 1 is 0.957 bits per heavy atom. The number of amides is 3. The zero-order valence-corrected chi connectivity index (χ0v) is 16.1. The van der Waals surface area contributed by atoms with Gasteiger partial charge in [-0.15, -0.1) is 0 Å². The number of ether oxygens (including phenoxy) is 1. The molecule has 0 atom stereocenters. The Hall–Kier alpha value is -1.63. The van der Waals surface area contributed by atoms with Crippen LogP contribution in [-0.2, 0) is 19.1 Å². The lowest BCUT2D eigenvalue weighted by Gasteiger charge is -2.14. The molecule has 0 aliphatic carbocycles. The second-order valence-corrected chi connectivity index (χ2v) is 4.74. The van der Waals surface area contributed by atoms with Gasteiger partial charge >= 0.3 is 0 Å². The number of nitrogens with zero attached hydrogens (tertiary/aromatic N) is 3. The maximum atomic E-state index is 10.5. The molecule has 0 radical (unpaired) electrons. The predicted molar refractivity (Wildman–Crippen MR) is 93.2 cm³/mol. The molecular formula is C16H35N3O4. The molecule has 0 bridgehead atoms. The first-order valence-corrected chi connectivity index (χ1v) is 7.89. The van der Waals surface area contributed by atoms with Gasteiger partial charge in [-0.1, -0.05) is 0 Å². The summed E-state index contributed by atoms with van der Waals surface area (Å²) in [5, 5.41) is 0. The van der Waals surface area contributed by atoms with Crippen molar-refractivity contribution in [1.29, 1.82) is 0 Å². The molecule has 0 aliphatic heterocycles. The van der Waals surface area contributed by atoms with Gasteiger partial charge in [-0.2, -0.15) is 0 Å². The van der Waals surface area contributed by atoms with Gasteiger partial charge in [0.25, 0.3) is 0 Å². The molecule has 138 valence electrons. The molecular weight excluding hydrogens is 298 g/mol. The Balaban J connectivity index is -0.000000262. The van der Waals surface area contributed by atoms with E-state index < -0.39 is 0 Å². The Morgan fingerprint density at radius 2 is 1.39 bits per heavy atom. The lowest BCUT2D eigenvalue weighted by atomic mass is 10.5. The Kier molecular flexibility index (Phi) is 21.0. The summed E-state index contributed by atoms with van der Waals surface area (Å²) in [6, 6.07) is 0. The monoisotopic (exact) mass is 333 g/mol. The standard InChI is InChI=1S/C6H13NO.C5H11NO2.C5H11NO/c1-4-7(5-2)6(3)8;1-6(2)5(7)4-8-3;1-3-6(4-2)5-7/h4-5H2,1-3H3;4H2,1-3H3;5H,3-4H2,1-2H3. The van der Waals surface area contributed by atoms with Crippen LogP contribution in [0.5, 0.6) is 0 Å². The molecule has 0 saturated carbocycles. The Bertz CT molecular complexity index is 302. The number of carbonyl (C=O) groups excluding carboxylic acids is 3. The molecule has 7 heteroatoms. The number of methoxy groups -OCH3 is 1. The van der Waals surface area contributed by atoms with Crippen molar-refractivity contribution < 1.29 is 19.1 Å². The normalized spacial score (nSPS) is 8.70. The number of hydrogen-bond acceptors (Lipinski definition) is 4. The van der Waals surface area contributed by atoms with E-state index in [1.54, 1.807) is 30.8 Å². The predicted octanol–water partition coefficient (Wildman–Crippen LogP) is 1.08. The molecule has 7 nitrogen and oxygen atoms in total. The average Bonchev–Trinajstić information content (AvgIpc) is 2.51. The van der Waals surface area contributed by atoms with Crippen LogP contribution in [0.1, 0.15) is 34.6 Å². The number of carbonyl (C=O) groups is 3. The first-order valence-electron chi connectivity index (χ1n) is 7.89. The lowest BCUT2D eigenvalue weighted by Crippen LogP contribution is -2.27. The van der Waals surface area contributed by atoms with E-state index in [2.05, 4.69) is 4.74 Å². The molecule has 0 aromatic rings. The molecule has 0 rings (SSSR count). The van der Waals surface area contributed by atoms with Crippen LogP contribution in [0.4, 0.5) is 0 Å². The highest BCUT2D eigenvalue weighted by atomic mass is 16.5. The van der Waals surface area contributed by atoms with Crippen molar-refractivity contribution in [3.63, 3.8) is 0 Å². The summed E-state index contributed by atoms with van der Waals surface area (Å²) in [7, 11) is 4.89. The SMILES string of the molecule is CCN(C=O)CC.CCN(CC)C(C)=O.COCC(=O)N(C)C. The van der Waals surface area contributed by atoms with Crippen LogP contribution < -0.4 is 0 Å². The molecule has 0 aliphatic rings. The van der Waals surface area contributed by atoms with Gasteiger partial charge in [0.05, 0.1) is 0 Å². The van der Waals surface area contributed by atoms with Crippen LogP contribution in [0.2, 0.25) is 0 Å². The third-order valence-corrected chi connectivity index (χ3v) is 2.94. The van der Waals surface area contributed by atoms with Crippen LogP contribution in [0, 0.1) is 0 Å². The van der Waals surface area contributed by atoms with Crippen molar-refractivity contribution in [1.82, 2.24) is 14.7 Å². The summed E-state index contributed by atoms with van der Waals surface area (Å²) in [4.78, 5) is 35.9. The number of likely N-dealkylation sites (N-methyl/N-ethyl adjacent to an activating group) is 1. The molecule has 0 fully saturated rings. The zero-order chi connectivity index (χ0) is 18.8. The number of hydrogen-bond donors (Lipinski definition) is 0. The maximum Gasteiger partial charge on any atom is 0.248 e. The zero-order valence-electron chi connectivity index (χ0n) is 16.1. The summed E-state index contributed by atoms with van der Waals surface area (Å²) in [5.41, 5.74) is 0. The molecule has 0 saturated heterocycles. The highest BCUT2D eigenvalue weighted by molar-refractivity contribution is 5.76. The average molecular weight is 333 g/mol. The molecule has 3 amide bonds. The lowest BCUT2D eigenvalue weighted by molar-refractivity contribution is -0.132. The second kappa shape index (κ2) is 18.4. The van der Waals surface area contributed by atoms with E-state index in [0.29, 0.717) is 0 Å². The molecule has 0 aromatic carbocycles. The Labute approximate surface area is 141 Å². The van der Waals surface area contributed by atoms with Crippen LogP contribution in [0.25, 0.3) is 0 Å². The highest BCUT2D eigenvalue weighted by Gasteiger charge is 1.99. The maximum absolute atomic E-state index is 10.5. The van der Waals surface area contributed by atoms with Crippen LogP contribution >= 0.6 is 0 Å². The van der Waals surface area contributed by atoms with Gasteiger partial charge in [-0.25, -0.2) is 0 Å². The van der Waals surface area contributed by atoms with Crippen molar-refractivity contribution in [2.75, 3.05) is 54.0 Å². The van der Waals surface area contributed by atoms with E-state index in [9.17, 15) is 14.4 Å². The quantitative estimate of drug-likeness (QED) is 0.654. The summed E-state index contributed by atoms with van der Waals surface area (Å²) < 4.78 is 4.57. The third-order valence-electron chi connectivity index (χ3n) is 2.94. The fourth-order valence-electron chi connectivity index (χ4n) is 1.29. The van der Waals surface area contributed by atoms with E-state index in [1.807, 2.05) is 27.7 Å². The van der Waals surface area contributed by atoms with E-state index in [-0.39, 0.29) is 18.4 Å². The summed E-state index contributed by atoms with van der Waals surface area (Å²) in [6.07, 6.45) is 0.861. The minimum Gasteiger partial charge on any atom is -0.375 e. The van der Waals surface area contributed by atoms with Gasteiger partial charge in [0, 0.05) is 54.3 Å². The van der Waals surface area contributed by atoms with Crippen molar-refractivity contribution in [2.24, 2.45) is 0 Å². The minimum absolute atomic E-state index is 0.00694. The topological polar surface area (TPSA) is 70.2 Å². The second-order valence-electron chi connectivity index (χ2n) is 4.74. The smallest absolute Gasteiger partial charge is 0.248 e. The molecule has 0 heterocycles. The molecule has 23 heavy (non-hydrogen) atoms. The van der Waals surface area contributed by atoms with E-state index in [1.165, 1.54) is 12.0 Å². The molecule has 0 aromatic heterocycles. The van der Waals surface area contributed by atoms with Crippen molar-refractivity contribution >= 4 is 18.2 Å². The van der Waals surface area contributed by atoms with Gasteiger partial charge in [-0.3, -0.25) is 14.4 Å². The van der Waals surface area contributed by atoms with Gasteiger partial charge in [0.15, 0.2) is 0 Å². The highest BCUT2D eigenvalue weighted by Crippen LogP contribution is 1.84. The van der Waals surface area contributed by atoms with E-state index >= 15 is 0 Å². The minimum atomic E-state index is -0.00694. The van der Waals surface area contributed by atoms with Crippen molar-refractivity contribution in [3.05, 3.63) is 0 Å². The Morgan fingerprint density at radius 3 is 1.43 bits per heavy atom. The van der Waals surface area contributed by atoms with Crippen molar-refractivity contribution in [2.45, 2.75) is 34.6 Å². The molecule has 0 N–H and O–H groups in total. The number of rotatable bonds is 7. The van der Waals surface area contributed by atoms with Gasteiger partial charge in [-0.05, 0) is 27.7 Å². The fourth-order valence-corrected chi connectivity index (χ4v) is 1.29.